The minimum Gasteiger partial charge on any atom is -0.506 e. The molecule has 3 aromatic rings. The first-order valence-corrected chi connectivity index (χ1v) is 8.42. The Morgan fingerprint density at radius 2 is 1.88 bits per heavy atom. The Morgan fingerprint density at radius 1 is 1.15 bits per heavy atom. The number of aryl methyl sites for hydroxylation is 1. The molecule has 0 amide bonds. The van der Waals surface area contributed by atoms with E-state index < -0.39 is 0 Å². The lowest BCUT2D eigenvalue weighted by Gasteiger charge is -2.11. The molecule has 1 atom stereocenters. The fourth-order valence-electron chi connectivity index (χ4n) is 3.17. The third-order valence-corrected chi connectivity index (χ3v) is 4.56. The minimum atomic E-state index is -0.281. The molecule has 0 saturated heterocycles. The highest BCUT2D eigenvalue weighted by Gasteiger charge is 2.26. The second kappa shape index (κ2) is 6.52. The van der Waals surface area contributed by atoms with Gasteiger partial charge in [-0.05, 0) is 23.8 Å². The third kappa shape index (κ3) is 2.77. The highest BCUT2D eigenvalue weighted by atomic mass is 16.6. The van der Waals surface area contributed by atoms with Gasteiger partial charge in [-0.15, -0.1) is 0 Å². The molecule has 5 heteroatoms. The van der Waals surface area contributed by atoms with Crippen molar-refractivity contribution in [3.8, 4) is 5.75 Å². The number of hydrogen-bond acceptors (Lipinski definition) is 4. The summed E-state index contributed by atoms with van der Waals surface area (Å²) < 4.78 is 1.53. The number of oxime groups is 1. The molecule has 1 aliphatic heterocycles. The Bertz CT molecular complexity index is 1080. The first-order chi connectivity index (χ1) is 12.6. The predicted molar refractivity (Wildman–Crippen MR) is 102 cm³/mol. The zero-order chi connectivity index (χ0) is 18.1. The van der Waals surface area contributed by atoms with Crippen molar-refractivity contribution in [2.45, 2.75) is 12.5 Å². The first-order valence-electron chi connectivity index (χ1n) is 8.42. The summed E-state index contributed by atoms with van der Waals surface area (Å²) in [6.45, 7) is 0. The maximum absolute atomic E-state index is 12.7. The van der Waals surface area contributed by atoms with Crippen molar-refractivity contribution in [1.29, 1.82) is 0 Å². The van der Waals surface area contributed by atoms with E-state index in [1.165, 1.54) is 4.57 Å². The quantitative estimate of drug-likeness (QED) is 0.790. The number of nitrogens with zero attached hydrogens (tertiary/aromatic N) is 2. The van der Waals surface area contributed by atoms with Gasteiger partial charge >= 0.3 is 0 Å². The lowest BCUT2D eigenvalue weighted by Crippen LogP contribution is -2.25. The average molecular weight is 346 g/mol. The van der Waals surface area contributed by atoms with Gasteiger partial charge in [0.2, 0.25) is 0 Å². The molecule has 0 spiro atoms. The second-order valence-corrected chi connectivity index (χ2v) is 6.26. The second-order valence-electron chi connectivity index (χ2n) is 6.26. The summed E-state index contributed by atoms with van der Waals surface area (Å²) in [5.74, 6) is -0.0428. The van der Waals surface area contributed by atoms with Gasteiger partial charge < -0.3 is 14.5 Å². The van der Waals surface area contributed by atoms with E-state index in [1.807, 2.05) is 54.6 Å². The third-order valence-electron chi connectivity index (χ3n) is 4.56. The molecule has 5 nitrogen and oxygen atoms in total. The SMILES string of the molecule is Cn1c(=O)c(C2=NO[C@@H](C=Cc3ccccc3)C2)c(O)c2ccccc21. The van der Waals surface area contributed by atoms with Crippen molar-refractivity contribution in [2.75, 3.05) is 0 Å². The lowest BCUT2D eigenvalue weighted by atomic mass is 10.0. The number of aromatic hydroxyl groups is 1. The van der Waals surface area contributed by atoms with Crippen LogP contribution in [-0.2, 0) is 11.9 Å². The summed E-state index contributed by atoms with van der Waals surface area (Å²) in [5.41, 5.74) is 2.14. The van der Waals surface area contributed by atoms with Gasteiger partial charge in [-0.3, -0.25) is 4.79 Å². The molecule has 0 fully saturated rings. The van der Waals surface area contributed by atoms with Gasteiger partial charge in [0.05, 0.1) is 5.52 Å². The fourth-order valence-corrected chi connectivity index (χ4v) is 3.17. The van der Waals surface area contributed by atoms with E-state index in [2.05, 4.69) is 5.16 Å². The molecule has 4 rings (SSSR count). The smallest absolute Gasteiger partial charge is 0.263 e. The summed E-state index contributed by atoms with van der Waals surface area (Å²) in [4.78, 5) is 18.2. The van der Waals surface area contributed by atoms with E-state index >= 15 is 0 Å². The Morgan fingerprint density at radius 3 is 2.69 bits per heavy atom. The molecule has 0 aliphatic carbocycles. The van der Waals surface area contributed by atoms with Crippen LogP contribution >= 0.6 is 0 Å². The van der Waals surface area contributed by atoms with Crippen molar-refractivity contribution < 1.29 is 9.94 Å². The van der Waals surface area contributed by atoms with E-state index in [4.69, 9.17) is 4.84 Å². The summed E-state index contributed by atoms with van der Waals surface area (Å²) in [7, 11) is 1.69. The molecule has 26 heavy (non-hydrogen) atoms. The van der Waals surface area contributed by atoms with Gasteiger partial charge in [0.15, 0.2) is 6.10 Å². The zero-order valence-corrected chi connectivity index (χ0v) is 14.3. The molecule has 0 unspecified atom stereocenters. The molecule has 2 heterocycles. The number of fused-ring (bicyclic) bond motifs is 1. The van der Waals surface area contributed by atoms with Crippen molar-refractivity contribution in [1.82, 2.24) is 4.57 Å². The molecule has 1 aliphatic rings. The van der Waals surface area contributed by atoms with E-state index in [-0.39, 0.29) is 23.0 Å². The highest BCUT2D eigenvalue weighted by Crippen LogP contribution is 2.29. The topological polar surface area (TPSA) is 63.8 Å². The zero-order valence-electron chi connectivity index (χ0n) is 14.3. The van der Waals surface area contributed by atoms with Crippen LogP contribution in [0.25, 0.3) is 17.0 Å². The Labute approximate surface area is 150 Å². The van der Waals surface area contributed by atoms with Crippen LogP contribution in [0.1, 0.15) is 17.5 Å². The minimum absolute atomic E-state index is 0.0428. The molecular weight excluding hydrogens is 328 g/mol. The number of aromatic nitrogens is 1. The van der Waals surface area contributed by atoms with Crippen LogP contribution in [0.4, 0.5) is 0 Å². The van der Waals surface area contributed by atoms with Gasteiger partial charge in [0.25, 0.3) is 5.56 Å². The van der Waals surface area contributed by atoms with Gasteiger partial charge in [0.1, 0.15) is 17.0 Å². The Kier molecular flexibility index (Phi) is 4.05. The summed E-state index contributed by atoms with van der Waals surface area (Å²) in [6.07, 6.45) is 4.04. The van der Waals surface area contributed by atoms with Crippen LogP contribution in [-0.4, -0.2) is 21.5 Å². The number of pyridine rings is 1. The van der Waals surface area contributed by atoms with Gasteiger partial charge in [-0.2, -0.15) is 0 Å². The maximum Gasteiger partial charge on any atom is 0.263 e. The molecule has 2 aromatic carbocycles. The van der Waals surface area contributed by atoms with E-state index in [1.54, 1.807) is 19.2 Å². The number of rotatable bonds is 3. The average Bonchev–Trinajstić information content (AvgIpc) is 3.14. The molecule has 0 radical (unpaired) electrons. The number of hydrogen-bond donors (Lipinski definition) is 1. The van der Waals surface area contributed by atoms with Gasteiger partial charge in [0, 0.05) is 18.9 Å². The predicted octanol–water partition coefficient (Wildman–Crippen LogP) is 3.45. The van der Waals surface area contributed by atoms with Crippen LogP contribution in [0, 0.1) is 0 Å². The van der Waals surface area contributed by atoms with Gasteiger partial charge in [-0.1, -0.05) is 53.7 Å². The van der Waals surface area contributed by atoms with Crippen LogP contribution in [0.3, 0.4) is 0 Å². The molecular formula is C21H18N2O3. The lowest BCUT2D eigenvalue weighted by molar-refractivity contribution is 0.120. The van der Waals surface area contributed by atoms with Crippen LogP contribution in [0.2, 0.25) is 0 Å². The van der Waals surface area contributed by atoms with Crippen LogP contribution in [0.5, 0.6) is 5.75 Å². The standard InChI is InChI=1S/C21H18N2O3/c1-23-18-10-6-5-9-16(18)20(24)19(21(23)25)17-13-15(26-22-17)12-11-14-7-3-2-4-8-14/h2-12,15,24H,13H2,1H3/t15-/m0/s1. The molecule has 130 valence electrons. The summed E-state index contributed by atoms with van der Waals surface area (Å²) in [5, 5.41) is 15.3. The van der Waals surface area contributed by atoms with E-state index in [9.17, 15) is 9.90 Å². The monoisotopic (exact) mass is 346 g/mol. The molecule has 1 aromatic heterocycles. The van der Waals surface area contributed by atoms with Gasteiger partial charge in [-0.25, -0.2) is 0 Å². The van der Waals surface area contributed by atoms with E-state index in [0.29, 0.717) is 23.0 Å². The largest absolute Gasteiger partial charge is 0.506 e. The summed E-state index contributed by atoms with van der Waals surface area (Å²) >= 11 is 0. The van der Waals surface area contributed by atoms with Crippen molar-refractivity contribution in [3.05, 3.63) is 82.2 Å². The van der Waals surface area contributed by atoms with Crippen LogP contribution in [0.15, 0.2) is 70.6 Å². The molecule has 0 bridgehead atoms. The fraction of sp³-hybridized carbons (Fsp3) is 0.143. The number of para-hydroxylation sites is 1. The number of benzene rings is 2. The molecule has 1 N–H and O–H groups in total. The first kappa shape index (κ1) is 16.1. The highest BCUT2D eigenvalue weighted by molar-refractivity contribution is 6.07. The summed E-state index contributed by atoms with van der Waals surface area (Å²) in [6, 6.07) is 17.1. The normalized spacial score (nSPS) is 16.8. The maximum atomic E-state index is 12.7. The van der Waals surface area contributed by atoms with Crippen molar-refractivity contribution in [2.24, 2.45) is 12.2 Å². The van der Waals surface area contributed by atoms with Crippen LogP contribution < -0.4 is 5.56 Å². The van der Waals surface area contributed by atoms with Crippen molar-refractivity contribution in [3.63, 3.8) is 0 Å². The van der Waals surface area contributed by atoms with E-state index in [0.717, 1.165) is 5.56 Å². The Balaban J connectivity index is 1.65. The van der Waals surface area contributed by atoms with Crippen molar-refractivity contribution >= 4 is 22.7 Å². The Hall–Kier alpha value is -3.34. The molecule has 0 saturated carbocycles.